The van der Waals surface area contributed by atoms with Gasteiger partial charge in [0.1, 0.15) is 6.61 Å². The highest BCUT2D eigenvalue weighted by Crippen LogP contribution is 2.01. The van der Waals surface area contributed by atoms with Crippen LogP contribution < -0.4 is 5.32 Å². The van der Waals surface area contributed by atoms with Crippen LogP contribution in [0.25, 0.3) is 0 Å². The molecule has 0 unspecified atom stereocenters. The predicted molar refractivity (Wildman–Crippen MR) is 78.3 cm³/mol. The third-order valence-electron chi connectivity index (χ3n) is 2.62. The topological polar surface area (TPSA) is 55.4 Å². The van der Waals surface area contributed by atoms with Gasteiger partial charge in [0.2, 0.25) is 0 Å². The molecule has 1 aromatic carbocycles. The lowest BCUT2D eigenvalue weighted by Gasteiger charge is -2.06. The van der Waals surface area contributed by atoms with Crippen LogP contribution in [0, 0.1) is 0 Å². The van der Waals surface area contributed by atoms with Gasteiger partial charge < -0.3 is 10.1 Å². The Bertz CT molecular complexity index is 462. The molecule has 1 N–H and O–H groups in total. The number of carbonyl (C=O) groups is 2. The summed E-state index contributed by atoms with van der Waals surface area (Å²) in [5, 5.41) is 2.46. The second-order valence-corrected chi connectivity index (χ2v) is 4.77. The molecule has 1 amide bonds. The Morgan fingerprint density at radius 1 is 1.20 bits per heavy atom. The quantitative estimate of drug-likeness (QED) is 0.777. The smallest absolute Gasteiger partial charge is 0.407 e. The van der Waals surface area contributed by atoms with Crippen molar-refractivity contribution in [2.45, 2.75) is 33.3 Å². The van der Waals surface area contributed by atoms with Gasteiger partial charge in [-0.2, -0.15) is 0 Å². The van der Waals surface area contributed by atoms with Gasteiger partial charge in [-0.1, -0.05) is 42.0 Å². The minimum atomic E-state index is -0.565. The van der Waals surface area contributed by atoms with Crippen LogP contribution in [0.4, 0.5) is 4.79 Å². The van der Waals surface area contributed by atoms with E-state index in [2.05, 4.69) is 5.32 Å². The lowest BCUT2D eigenvalue weighted by molar-refractivity contribution is -0.118. The summed E-state index contributed by atoms with van der Waals surface area (Å²) in [6.07, 6.45) is 2.59. The van der Waals surface area contributed by atoms with Gasteiger partial charge in [0.25, 0.3) is 0 Å². The van der Waals surface area contributed by atoms with Gasteiger partial charge >= 0.3 is 6.09 Å². The van der Waals surface area contributed by atoms with E-state index in [1.54, 1.807) is 0 Å². The van der Waals surface area contributed by atoms with Gasteiger partial charge in [0.05, 0.1) is 6.54 Å². The molecular formula is C16H21NO3. The van der Waals surface area contributed by atoms with Crippen LogP contribution in [0.2, 0.25) is 0 Å². The molecule has 0 aliphatic rings. The van der Waals surface area contributed by atoms with Gasteiger partial charge in [-0.15, -0.1) is 0 Å². The second kappa shape index (κ2) is 8.91. The van der Waals surface area contributed by atoms with Gasteiger partial charge in [0.15, 0.2) is 5.78 Å². The molecule has 0 heterocycles. The summed E-state index contributed by atoms with van der Waals surface area (Å²) >= 11 is 0. The summed E-state index contributed by atoms with van der Waals surface area (Å²) in [5.41, 5.74) is 2.10. The molecule has 4 nitrogen and oxygen atoms in total. The average Bonchev–Trinajstić information content (AvgIpc) is 2.43. The van der Waals surface area contributed by atoms with Crippen molar-refractivity contribution in [3.8, 4) is 0 Å². The molecular weight excluding hydrogens is 254 g/mol. The lowest BCUT2D eigenvalue weighted by atomic mass is 10.2. The fourth-order valence-electron chi connectivity index (χ4n) is 1.56. The SMILES string of the molecule is CC(C)=CCCC(=O)CNC(=O)OCc1ccccc1. The number of rotatable bonds is 7. The monoisotopic (exact) mass is 275 g/mol. The molecule has 0 aliphatic carbocycles. The fraction of sp³-hybridized carbons (Fsp3) is 0.375. The Balaban J connectivity index is 2.16. The van der Waals surface area contributed by atoms with Crippen LogP contribution in [-0.4, -0.2) is 18.4 Å². The van der Waals surface area contributed by atoms with Crippen LogP contribution in [-0.2, 0) is 16.1 Å². The Morgan fingerprint density at radius 3 is 2.55 bits per heavy atom. The van der Waals surface area contributed by atoms with E-state index in [-0.39, 0.29) is 18.9 Å². The van der Waals surface area contributed by atoms with E-state index in [1.807, 2.05) is 50.3 Å². The standard InChI is InChI=1S/C16H21NO3/c1-13(2)7-6-10-15(18)11-17-16(19)20-12-14-8-4-3-5-9-14/h3-5,7-9H,6,10-12H2,1-2H3,(H,17,19). The first kappa shape index (κ1) is 16.0. The maximum absolute atomic E-state index is 11.5. The highest BCUT2D eigenvalue weighted by atomic mass is 16.5. The van der Waals surface area contributed by atoms with Gasteiger partial charge in [-0.25, -0.2) is 4.79 Å². The van der Waals surface area contributed by atoms with Crippen molar-refractivity contribution in [3.63, 3.8) is 0 Å². The van der Waals surface area contributed by atoms with E-state index < -0.39 is 6.09 Å². The summed E-state index contributed by atoms with van der Waals surface area (Å²) in [6, 6.07) is 9.40. The van der Waals surface area contributed by atoms with Crippen molar-refractivity contribution in [3.05, 3.63) is 47.5 Å². The maximum atomic E-state index is 11.5. The number of alkyl carbamates (subject to hydrolysis) is 1. The lowest BCUT2D eigenvalue weighted by Crippen LogP contribution is -2.29. The van der Waals surface area contributed by atoms with Crippen LogP contribution in [0.3, 0.4) is 0 Å². The minimum Gasteiger partial charge on any atom is -0.445 e. The highest BCUT2D eigenvalue weighted by Gasteiger charge is 2.06. The predicted octanol–water partition coefficient (Wildman–Crippen LogP) is 3.23. The van der Waals surface area contributed by atoms with Crippen molar-refractivity contribution in [2.75, 3.05) is 6.54 Å². The molecule has 0 atom stereocenters. The van der Waals surface area contributed by atoms with Crippen LogP contribution in [0.5, 0.6) is 0 Å². The number of hydrogen-bond donors (Lipinski definition) is 1. The van der Waals surface area contributed by atoms with Gasteiger partial charge in [-0.3, -0.25) is 4.79 Å². The minimum absolute atomic E-state index is 0.000777. The number of allylic oxidation sites excluding steroid dienone is 2. The summed E-state index contributed by atoms with van der Waals surface area (Å²) in [4.78, 5) is 22.9. The first-order valence-electron chi connectivity index (χ1n) is 6.67. The number of benzene rings is 1. The van der Waals surface area contributed by atoms with Gasteiger partial charge in [0, 0.05) is 6.42 Å². The zero-order chi connectivity index (χ0) is 14.8. The summed E-state index contributed by atoms with van der Waals surface area (Å²) in [7, 11) is 0. The molecule has 1 aromatic rings. The first-order valence-corrected chi connectivity index (χ1v) is 6.67. The number of hydrogen-bond acceptors (Lipinski definition) is 3. The summed E-state index contributed by atoms with van der Waals surface area (Å²) in [5.74, 6) is -0.000777. The maximum Gasteiger partial charge on any atom is 0.407 e. The Labute approximate surface area is 119 Å². The number of nitrogens with one attached hydrogen (secondary N) is 1. The van der Waals surface area contributed by atoms with E-state index in [4.69, 9.17) is 4.74 Å². The largest absolute Gasteiger partial charge is 0.445 e. The summed E-state index contributed by atoms with van der Waals surface area (Å²) < 4.78 is 5.01. The molecule has 4 heteroatoms. The van der Waals surface area contributed by atoms with E-state index in [1.165, 1.54) is 5.57 Å². The van der Waals surface area contributed by atoms with Gasteiger partial charge in [-0.05, 0) is 25.8 Å². The molecule has 0 aliphatic heterocycles. The molecule has 0 radical (unpaired) electrons. The van der Waals surface area contributed by atoms with Crippen molar-refractivity contribution in [1.82, 2.24) is 5.32 Å². The van der Waals surface area contributed by atoms with Crippen LogP contribution in [0.1, 0.15) is 32.3 Å². The molecule has 0 spiro atoms. The Hall–Kier alpha value is -2.10. The number of carbonyl (C=O) groups excluding carboxylic acids is 2. The Morgan fingerprint density at radius 2 is 1.90 bits per heavy atom. The number of amides is 1. The molecule has 0 aromatic heterocycles. The van der Waals surface area contributed by atoms with E-state index >= 15 is 0 Å². The van der Waals surface area contributed by atoms with Crippen molar-refractivity contribution < 1.29 is 14.3 Å². The first-order chi connectivity index (χ1) is 9.58. The zero-order valence-electron chi connectivity index (χ0n) is 12.0. The van der Waals surface area contributed by atoms with Crippen LogP contribution >= 0.6 is 0 Å². The fourth-order valence-corrected chi connectivity index (χ4v) is 1.56. The zero-order valence-corrected chi connectivity index (χ0v) is 12.0. The molecule has 108 valence electrons. The van der Waals surface area contributed by atoms with E-state index in [0.717, 1.165) is 5.56 Å². The molecule has 1 rings (SSSR count). The van der Waals surface area contributed by atoms with Crippen molar-refractivity contribution in [2.24, 2.45) is 0 Å². The normalized spacial score (nSPS) is 9.70. The molecule has 0 fully saturated rings. The molecule has 0 saturated carbocycles. The molecule has 0 saturated heterocycles. The second-order valence-electron chi connectivity index (χ2n) is 4.77. The third-order valence-corrected chi connectivity index (χ3v) is 2.62. The van der Waals surface area contributed by atoms with E-state index in [9.17, 15) is 9.59 Å². The Kier molecular flexibility index (Phi) is 7.11. The number of Topliss-reactive ketones (excluding diaryl/α,β-unsaturated/α-hetero) is 1. The highest BCUT2D eigenvalue weighted by molar-refractivity contribution is 5.84. The van der Waals surface area contributed by atoms with Crippen LogP contribution in [0.15, 0.2) is 42.0 Å². The van der Waals surface area contributed by atoms with Crippen molar-refractivity contribution >= 4 is 11.9 Å². The van der Waals surface area contributed by atoms with E-state index in [0.29, 0.717) is 12.8 Å². The number of ether oxygens (including phenoxy) is 1. The third kappa shape index (κ3) is 7.36. The molecule has 20 heavy (non-hydrogen) atoms. The summed E-state index contributed by atoms with van der Waals surface area (Å²) in [6.45, 7) is 4.20. The number of ketones is 1. The van der Waals surface area contributed by atoms with Crippen molar-refractivity contribution in [1.29, 1.82) is 0 Å². The molecule has 0 bridgehead atoms. The average molecular weight is 275 g/mol.